The van der Waals surface area contributed by atoms with Gasteiger partial charge < -0.3 is 5.32 Å². The molecular formula is C21H14ClF3N4O. The lowest BCUT2D eigenvalue weighted by Crippen LogP contribution is -2.23. The van der Waals surface area contributed by atoms with Gasteiger partial charge in [-0.25, -0.2) is 9.50 Å². The van der Waals surface area contributed by atoms with E-state index in [1.807, 2.05) is 18.2 Å². The van der Waals surface area contributed by atoms with Gasteiger partial charge in [0.15, 0.2) is 17.0 Å². The summed E-state index contributed by atoms with van der Waals surface area (Å²) in [5, 5.41) is 6.18. The summed E-state index contributed by atoms with van der Waals surface area (Å²) in [5.41, 5.74) is -0.251. The Labute approximate surface area is 174 Å². The Bertz CT molecular complexity index is 1210. The standard InChI is InChI=1S/C21H14ClF3N4O/c22-17-18(20(30)26-12-13-7-3-1-4-8-13)28-29-16(21(23,24)25)11-15(27-19(17)29)14-9-5-2-6-10-14/h1-11H,12H2,(H,26,30). The summed E-state index contributed by atoms with van der Waals surface area (Å²) in [4.78, 5) is 16.8. The van der Waals surface area contributed by atoms with E-state index >= 15 is 0 Å². The average molecular weight is 431 g/mol. The number of rotatable bonds is 4. The Morgan fingerprint density at radius 3 is 2.30 bits per heavy atom. The van der Waals surface area contributed by atoms with E-state index < -0.39 is 17.8 Å². The van der Waals surface area contributed by atoms with Crippen LogP contribution in [0.2, 0.25) is 5.02 Å². The van der Waals surface area contributed by atoms with Gasteiger partial charge >= 0.3 is 6.18 Å². The molecule has 30 heavy (non-hydrogen) atoms. The fourth-order valence-electron chi connectivity index (χ4n) is 2.96. The van der Waals surface area contributed by atoms with Crippen molar-refractivity contribution in [1.29, 1.82) is 0 Å². The van der Waals surface area contributed by atoms with Crippen LogP contribution in [0.4, 0.5) is 13.2 Å². The molecule has 2 aromatic heterocycles. The molecule has 4 aromatic rings. The molecule has 1 amide bonds. The topological polar surface area (TPSA) is 59.3 Å². The van der Waals surface area contributed by atoms with Gasteiger partial charge in [-0.2, -0.15) is 18.3 Å². The number of amides is 1. The largest absolute Gasteiger partial charge is 0.433 e. The monoisotopic (exact) mass is 430 g/mol. The van der Waals surface area contributed by atoms with E-state index in [0.717, 1.165) is 11.6 Å². The second-order valence-electron chi connectivity index (χ2n) is 6.46. The number of benzene rings is 2. The molecule has 0 bridgehead atoms. The number of hydrogen-bond acceptors (Lipinski definition) is 3. The van der Waals surface area contributed by atoms with Crippen molar-refractivity contribution in [3.05, 3.63) is 88.7 Å². The van der Waals surface area contributed by atoms with E-state index in [1.54, 1.807) is 42.5 Å². The van der Waals surface area contributed by atoms with E-state index in [-0.39, 0.29) is 28.6 Å². The van der Waals surface area contributed by atoms with Gasteiger partial charge in [-0.1, -0.05) is 72.3 Å². The van der Waals surface area contributed by atoms with E-state index in [2.05, 4.69) is 15.4 Å². The van der Waals surface area contributed by atoms with Gasteiger partial charge in [0.25, 0.3) is 5.91 Å². The molecular weight excluding hydrogens is 417 g/mol. The lowest BCUT2D eigenvalue weighted by Gasteiger charge is -2.11. The summed E-state index contributed by atoms with van der Waals surface area (Å²) in [6.45, 7) is 0.179. The third kappa shape index (κ3) is 3.86. The first kappa shape index (κ1) is 19.9. The summed E-state index contributed by atoms with van der Waals surface area (Å²) in [7, 11) is 0. The van der Waals surface area contributed by atoms with Crippen LogP contribution >= 0.6 is 11.6 Å². The van der Waals surface area contributed by atoms with Gasteiger partial charge in [0.05, 0.1) is 5.69 Å². The fraction of sp³-hybridized carbons (Fsp3) is 0.0952. The molecule has 5 nitrogen and oxygen atoms in total. The summed E-state index contributed by atoms with van der Waals surface area (Å²) >= 11 is 6.24. The van der Waals surface area contributed by atoms with Gasteiger partial charge in [-0.05, 0) is 11.6 Å². The second-order valence-corrected chi connectivity index (χ2v) is 6.83. The van der Waals surface area contributed by atoms with E-state index in [4.69, 9.17) is 11.6 Å². The van der Waals surface area contributed by atoms with Crippen LogP contribution < -0.4 is 5.32 Å². The molecule has 1 N–H and O–H groups in total. The summed E-state index contributed by atoms with van der Waals surface area (Å²) in [5.74, 6) is -0.691. The Balaban J connectivity index is 1.77. The van der Waals surface area contributed by atoms with Gasteiger partial charge in [-0.15, -0.1) is 0 Å². The summed E-state index contributed by atoms with van der Waals surface area (Å²) < 4.78 is 41.6. The Morgan fingerprint density at radius 2 is 1.67 bits per heavy atom. The number of aromatic nitrogens is 3. The third-order valence-corrected chi connectivity index (χ3v) is 4.75. The van der Waals surface area contributed by atoms with Gasteiger partial charge in [0, 0.05) is 12.1 Å². The second kappa shape index (κ2) is 7.79. The third-order valence-electron chi connectivity index (χ3n) is 4.40. The molecule has 152 valence electrons. The predicted octanol–water partition coefficient (Wildman–Crippen LogP) is 5.00. The zero-order valence-electron chi connectivity index (χ0n) is 15.3. The number of alkyl halides is 3. The van der Waals surface area contributed by atoms with Crippen LogP contribution in [0.25, 0.3) is 16.9 Å². The Kier molecular flexibility index (Phi) is 5.17. The van der Waals surface area contributed by atoms with Crippen molar-refractivity contribution >= 4 is 23.2 Å². The van der Waals surface area contributed by atoms with Crippen LogP contribution in [-0.4, -0.2) is 20.5 Å². The highest BCUT2D eigenvalue weighted by Crippen LogP contribution is 2.34. The molecule has 9 heteroatoms. The lowest BCUT2D eigenvalue weighted by molar-refractivity contribution is -0.142. The molecule has 0 spiro atoms. The van der Waals surface area contributed by atoms with Crippen molar-refractivity contribution < 1.29 is 18.0 Å². The van der Waals surface area contributed by atoms with Crippen molar-refractivity contribution in [3.8, 4) is 11.3 Å². The number of fused-ring (bicyclic) bond motifs is 1. The minimum atomic E-state index is -4.72. The highest BCUT2D eigenvalue weighted by Gasteiger charge is 2.36. The zero-order valence-corrected chi connectivity index (χ0v) is 16.1. The van der Waals surface area contributed by atoms with Crippen LogP contribution in [-0.2, 0) is 12.7 Å². The van der Waals surface area contributed by atoms with Crippen LogP contribution in [0.5, 0.6) is 0 Å². The first-order chi connectivity index (χ1) is 14.3. The molecule has 0 atom stereocenters. The summed E-state index contributed by atoms with van der Waals surface area (Å²) in [6, 6.07) is 18.3. The molecule has 0 saturated carbocycles. The van der Waals surface area contributed by atoms with E-state index in [9.17, 15) is 18.0 Å². The van der Waals surface area contributed by atoms with Gasteiger partial charge in [-0.3, -0.25) is 4.79 Å². The SMILES string of the molecule is O=C(NCc1ccccc1)c1nn2c(C(F)(F)F)cc(-c3ccccc3)nc2c1Cl. The molecule has 4 rings (SSSR count). The smallest absolute Gasteiger partial charge is 0.347 e. The molecule has 0 aliphatic rings. The summed E-state index contributed by atoms with van der Waals surface area (Å²) in [6.07, 6.45) is -4.72. The molecule has 2 heterocycles. The van der Waals surface area contributed by atoms with Gasteiger partial charge in [0.2, 0.25) is 0 Å². The molecule has 0 aliphatic heterocycles. The Morgan fingerprint density at radius 1 is 1.03 bits per heavy atom. The van der Waals surface area contributed by atoms with Crippen molar-refractivity contribution in [2.75, 3.05) is 0 Å². The molecule has 0 aliphatic carbocycles. The van der Waals surface area contributed by atoms with Crippen LogP contribution in [0, 0.1) is 0 Å². The maximum absolute atomic E-state index is 13.7. The maximum atomic E-state index is 13.7. The highest BCUT2D eigenvalue weighted by molar-refractivity contribution is 6.36. The number of carbonyl (C=O) groups excluding carboxylic acids is 1. The first-order valence-corrected chi connectivity index (χ1v) is 9.26. The quantitative estimate of drug-likeness (QED) is 0.495. The normalized spacial score (nSPS) is 11.6. The van der Waals surface area contributed by atoms with Crippen LogP contribution in [0.15, 0.2) is 66.7 Å². The molecule has 0 radical (unpaired) electrons. The van der Waals surface area contributed by atoms with Crippen molar-refractivity contribution in [2.24, 2.45) is 0 Å². The van der Waals surface area contributed by atoms with E-state index in [0.29, 0.717) is 10.1 Å². The zero-order chi connectivity index (χ0) is 21.3. The van der Waals surface area contributed by atoms with Crippen molar-refractivity contribution in [3.63, 3.8) is 0 Å². The highest BCUT2D eigenvalue weighted by atomic mass is 35.5. The minimum absolute atomic E-state index is 0.0773. The molecule has 2 aromatic carbocycles. The number of hydrogen-bond donors (Lipinski definition) is 1. The molecule has 0 fully saturated rings. The number of halogens is 4. The molecule has 0 saturated heterocycles. The number of nitrogens with one attached hydrogen (secondary N) is 1. The lowest BCUT2D eigenvalue weighted by atomic mass is 10.1. The van der Waals surface area contributed by atoms with Crippen LogP contribution in [0.3, 0.4) is 0 Å². The van der Waals surface area contributed by atoms with Crippen molar-refractivity contribution in [1.82, 2.24) is 19.9 Å². The van der Waals surface area contributed by atoms with Crippen molar-refractivity contribution in [2.45, 2.75) is 12.7 Å². The number of nitrogens with zero attached hydrogens (tertiary/aromatic N) is 3. The molecule has 0 unspecified atom stereocenters. The van der Waals surface area contributed by atoms with Crippen LogP contribution in [0.1, 0.15) is 21.7 Å². The van der Waals surface area contributed by atoms with E-state index in [1.165, 1.54) is 0 Å². The fourth-order valence-corrected chi connectivity index (χ4v) is 3.20. The maximum Gasteiger partial charge on any atom is 0.433 e. The minimum Gasteiger partial charge on any atom is -0.347 e. The average Bonchev–Trinajstić information content (AvgIpc) is 3.08. The predicted molar refractivity (Wildman–Crippen MR) is 106 cm³/mol. The van der Waals surface area contributed by atoms with Gasteiger partial charge in [0.1, 0.15) is 5.02 Å². The Hall–Kier alpha value is -3.39. The first-order valence-electron chi connectivity index (χ1n) is 8.88. The number of carbonyl (C=O) groups is 1.